The van der Waals surface area contributed by atoms with Crippen molar-refractivity contribution in [2.75, 3.05) is 18.9 Å². The van der Waals surface area contributed by atoms with Gasteiger partial charge in [0, 0.05) is 30.2 Å². The van der Waals surface area contributed by atoms with Crippen molar-refractivity contribution >= 4 is 22.2 Å². The molecule has 0 aliphatic heterocycles. The minimum atomic E-state index is -0.0789. The molecule has 27 heavy (non-hydrogen) atoms. The molecule has 6 nitrogen and oxygen atoms in total. The van der Waals surface area contributed by atoms with E-state index in [2.05, 4.69) is 16.5 Å². The van der Waals surface area contributed by atoms with Crippen LogP contribution in [0.4, 0.5) is 5.00 Å². The number of hydrogen-bond donors (Lipinski definition) is 1. The summed E-state index contributed by atoms with van der Waals surface area (Å²) >= 11 is 1.59. The maximum absolute atomic E-state index is 12.5. The van der Waals surface area contributed by atoms with Gasteiger partial charge in [0.05, 0.1) is 17.8 Å². The summed E-state index contributed by atoms with van der Waals surface area (Å²) < 4.78 is 1.79. The number of aromatic nitrogens is 2. The number of likely N-dealkylation sites (N-methyl/N-ethyl adjacent to an activating group) is 1. The first-order chi connectivity index (χ1) is 13.0. The van der Waals surface area contributed by atoms with Gasteiger partial charge in [0.15, 0.2) is 0 Å². The van der Waals surface area contributed by atoms with Crippen LogP contribution in [0.15, 0.2) is 6.20 Å². The van der Waals surface area contributed by atoms with Gasteiger partial charge >= 0.3 is 0 Å². The van der Waals surface area contributed by atoms with Crippen LogP contribution in [0.5, 0.6) is 0 Å². The summed E-state index contributed by atoms with van der Waals surface area (Å²) in [6, 6.07) is 2.33. The molecule has 0 spiro atoms. The van der Waals surface area contributed by atoms with E-state index >= 15 is 0 Å². The lowest BCUT2D eigenvalue weighted by molar-refractivity contribution is -0.117. The fraction of sp³-hybridized carbons (Fsp3) is 0.550. The van der Waals surface area contributed by atoms with E-state index in [4.69, 9.17) is 0 Å². The number of nitrogens with zero attached hydrogens (tertiary/aromatic N) is 4. The van der Waals surface area contributed by atoms with Gasteiger partial charge < -0.3 is 5.32 Å². The molecular formula is C20H27N5OS. The lowest BCUT2D eigenvalue weighted by atomic mass is 9.97. The second kappa shape index (κ2) is 8.68. The van der Waals surface area contributed by atoms with E-state index in [0.717, 1.165) is 41.1 Å². The zero-order chi connectivity index (χ0) is 19.4. The van der Waals surface area contributed by atoms with Crippen LogP contribution in [0, 0.1) is 18.3 Å². The number of carbonyl (C=O) groups excluding carboxylic acids is 1. The number of nitrogens with one attached hydrogen (secondary N) is 1. The molecule has 3 rings (SSSR count). The molecule has 1 aliphatic rings. The average molecular weight is 386 g/mol. The third-order valence-corrected chi connectivity index (χ3v) is 6.21. The first-order valence-corrected chi connectivity index (χ1v) is 10.3. The zero-order valence-electron chi connectivity index (χ0n) is 16.3. The molecule has 0 saturated heterocycles. The standard InChI is InChI=1S/C20H27N5OS/c1-14-15(12-25(3)23-14)11-24(2)13-19(26)22-20-17(10-21)16-8-6-4-5-7-9-18(16)27-20/h12H,4-9,11,13H2,1-3H3,(H,22,26). The molecule has 1 N–H and O–H groups in total. The van der Waals surface area contributed by atoms with Crippen LogP contribution in [-0.2, 0) is 31.2 Å². The van der Waals surface area contributed by atoms with Gasteiger partial charge in [-0.25, -0.2) is 0 Å². The van der Waals surface area contributed by atoms with Gasteiger partial charge in [0.1, 0.15) is 11.1 Å². The van der Waals surface area contributed by atoms with Crippen LogP contribution < -0.4 is 5.32 Å². The Morgan fingerprint density at radius 1 is 1.37 bits per heavy atom. The number of carbonyl (C=O) groups is 1. The highest BCUT2D eigenvalue weighted by Crippen LogP contribution is 2.36. The number of nitriles is 1. The van der Waals surface area contributed by atoms with Crippen molar-refractivity contribution in [1.29, 1.82) is 5.26 Å². The molecule has 0 aromatic carbocycles. The largest absolute Gasteiger partial charge is 0.315 e. The molecule has 1 amide bonds. The van der Waals surface area contributed by atoms with Gasteiger partial charge in [-0.2, -0.15) is 10.4 Å². The minimum Gasteiger partial charge on any atom is -0.315 e. The highest BCUT2D eigenvalue weighted by Gasteiger charge is 2.21. The van der Waals surface area contributed by atoms with Gasteiger partial charge in [-0.3, -0.25) is 14.4 Å². The van der Waals surface area contributed by atoms with Gasteiger partial charge in [0.2, 0.25) is 5.91 Å². The van der Waals surface area contributed by atoms with Crippen LogP contribution in [-0.4, -0.2) is 34.2 Å². The van der Waals surface area contributed by atoms with E-state index < -0.39 is 0 Å². The van der Waals surface area contributed by atoms with Crippen LogP contribution in [0.1, 0.15) is 52.9 Å². The molecule has 0 radical (unpaired) electrons. The summed E-state index contributed by atoms with van der Waals surface area (Å²) in [6.45, 7) is 2.92. The normalized spacial score (nSPS) is 14.3. The Morgan fingerprint density at radius 3 is 2.78 bits per heavy atom. The summed E-state index contributed by atoms with van der Waals surface area (Å²) in [5.41, 5.74) is 3.94. The minimum absolute atomic E-state index is 0.0789. The molecule has 0 atom stereocenters. The molecule has 0 fully saturated rings. The van der Waals surface area contributed by atoms with Crippen LogP contribution in [0.25, 0.3) is 0 Å². The van der Waals surface area contributed by atoms with E-state index in [0.29, 0.717) is 12.1 Å². The molecule has 0 bridgehead atoms. The second-order valence-corrected chi connectivity index (χ2v) is 8.47. The number of hydrogen-bond acceptors (Lipinski definition) is 5. The van der Waals surface area contributed by atoms with Crippen molar-refractivity contribution in [2.45, 2.75) is 52.0 Å². The third kappa shape index (κ3) is 4.76. The second-order valence-electron chi connectivity index (χ2n) is 7.37. The molecular weight excluding hydrogens is 358 g/mol. The molecule has 2 heterocycles. The summed E-state index contributed by atoms with van der Waals surface area (Å²) in [5, 5.41) is 17.7. The summed E-state index contributed by atoms with van der Waals surface area (Å²) in [4.78, 5) is 15.8. The van der Waals surface area contributed by atoms with E-state index in [-0.39, 0.29) is 12.5 Å². The molecule has 1 aliphatic carbocycles. The molecule has 2 aromatic rings. The molecule has 0 unspecified atom stereocenters. The number of aryl methyl sites for hydroxylation is 3. The highest BCUT2D eigenvalue weighted by molar-refractivity contribution is 7.16. The zero-order valence-corrected chi connectivity index (χ0v) is 17.2. The Bertz CT molecular complexity index is 861. The molecule has 7 heteroatoms. The Balaban J connectivity index is 1.66. The van der Waals surface area contributed by atoms with Crippen LogP contribution >= 0.6 is 11.3 Å². The van der Waals surface area contributed by atoms with Crippen LogP contribution in [0.2, 0.25) is 0 Å². The van der Waals surface area contributed by atoms with Crippen molar-refractivity contribution in [3.63, 3.8) is 0 Å². The number of anilines is 1. The average Bonchev–Trinajstić information content (AvgIpc) is 3.05. The van der Waals surface area contributed by atoms with Crippen molar-refractivity contribution in [3.8, 4) is 6.07 Å². The summed E-state index contributed by atoms with van der Waals surface area (Å²) in [7, 11) is 3.82. The predicted molar refractivity (Wildman–Crippen MR) is 108 cm³/mol. The van der Waals surface area contributed by atoms with Gasteiger partial charge in [-0.15, -0.1) is 11.3 Å². The maximum atomic E-state index is 12.5. The van der Waals surface area contributed by atoms with Crippen molar-refractivity contribution < 1.29 is 4.79 Å². The molecule has 144 valence electrons. The van der Waals surface area contributed by atoms with E-state index in [9.17, 15) is 10.1 Å². The predicted octanol–water partition coefficient (Wildman–Crippen LogP) is 3.39. The van der Waals surface area contributed by atoms with E-state index in [1.165, 1.54) is 24.1 Å². The number of amides is 1. The smallest absolute Gasteiger partial charge is 0.239 e. The maximum Gasteiger partial charge on any atom is 0.239 e. The quantitative estimate of drug-likeness (QED) is 0.856. The monoisotopic (exact) mass is 385 g/mol. The number of thiophene rings is 1. The lowest BCUT2D eigenvalue weighted by Gasteiger charge is -2.15. The van der Waals surface area contributed by atoms with Gasteiger partial charge in [-0.05, 0) is 45.2 Å². The topological polar surface area (TPSA) is 74.0 Å². The fourth-order valence-electron chi connectivity index (χ4n) is 3.69. The first-order valence-electron chi connectivity index (χ1n) is 9.50. The Morgan fingerprint density at radius 2 is 2.11 bits per heavy atom. The lowest BCUT2D eigenvalue weighted by Crippen LogP contribution is -2.29. The number of fused-ring (bicyclic) bond motifs is 1. The summed E-state index contributed by atoms with van der Waals surface area (Å²) in [5.74, 6) is -0.0789. The van der Waals surface area contributed by atoms with Gasteiger partial charge in [-0.1, -0.05) is 12.8 Å². The van der Waals surface area contributed by atoms with Gasteiger partial charge in [0.25, 0.3) is 0 Å². The Hall–Kier alpha value is -2.17. The van der Waals surface area contributed by atoms with E-state index in [1.54, 1.807) is 16.0 Å². The SMILES string of the molecule is Cc1nn(C)cc1CN(C)CC(=O)Nc1sc2c(c1C#N)CCCCCC2. The Kier molecular flexibility index (Phi) is 6.30. The molecule has 0 saturated carbocycles. The highest BCUT2D eigenvalue weighted by atomic mass is 32.1. The fourth-order valence-corrected chi connectivity index (χ4v) is 4.94. The van der Waals surface area contributed by atoms with Crippen molar-refractivity contribution in [2.24, 2.45) is 7.05 Å². The molecule has 2 aromatic heterocycles. The van der Waals surface area contributed by atoms with Crippen LogP contribution in [0.3, 0.4) is 0 Å². The number of rotatable bonds is 5. The van der Waals surface area contributed by atoms with Crippen molar-refractivity contribution in [3.05, 3.63) is 33.5 Å². The Labute approximate surface area is 164 Å². The summed E-state index contributed by atoms with van der Waals surface area (Å²) in [6.07, 6.45) is 8.71. The first kappa shape index (κ1) is 19.6. The van der Waals surface area contributed by atoms with Crippen molar-refractivity contribution in [1.82, 2.24) is 14.7 Å². The third-order valence-electron chi connectivity index (χ3n) is 5.00. The van der Waals surface area contributed by atoms with E-state index in [1.807, 2.05) is 32.1 Å².